The summed E-state index contributed by atoms with van der Waals surface area (Å²) < 4.78 is 117. The minimum atomic E-state index is -5.11. The summed E-state index contributed by atoms with van der Waals surface area (Å²) in [6.07, 6.45) is -14.8. The van der Waals surface area contributed by atoms with Gasteiger partial charge in [0.2, 0.25) is 0 Å². The molecule has 0 aromatic heterocycles. The van der Waals surface area contributed by atoms with Gasteiger partial charge in [0.25, 0.3) is 5.91 Å². The van der Waals surface area contributed by atoms with Crippen molar-refractivity contribution >= 4 is 22.8 Å². The molecule has 2 aromatic carbocycles. The molecule has 33 heavy (non-hydrogen) atoms. The molecule has 0 atom stereocenters. The Kier molecular flexibility index (Phi) is 6.74. The number of hydrogen-bond donors (Lipinski definition) is 0. The van der Waals surface area contributed by atoms with E-state index in [0.717, 1.165) is 28.8 Å². The van der Waals surface area contributed by atoms with E-state index in [2.05, 4.69) is 4.99 Å². The first-order chi connectivity index (χ1) is 15.2. The van der Waals surface area contributed by atoms with Gasteiger partial charge in [-0.05, 0) is 29.8 Å². The zero-order valence-electron chi connectivity index (χ0n) is 16.3. The summed E-state index contributed by atoms with van der Waals surface area (Å²) in [6, 6.07) is 4.94. The summed E-state index contributed by atoms with van der Waals surface area (Å²) in [5.41, 5.74) is -4.72. The van der Waals surface area contributed by atoms with Crippen molar-refractivity contribution in [1.29, 1.82) is 0 Å². The smallest absolute Gasteiger partial charge is 0.286 e. The molecule has 0 fully saturated rings. The molecule has 3 nitrogen and oxygen atoms in total. The molecule has 0 bridgehead atoms. The first kappa shape index (κ1) is 24.9. The highest BCUT2D eigenvalue weighted by Gasteiger charge is 2.38. The van der Waals surface area contributed by atoms with E-state index < -0.39 is 46.7 Å². The molecule has 2 aromatic rings. The Labute approximate surface area is 185 Å². The van der Waals surface area contributed by atoms with Crippen LogP contribution in [0.2, 0.25) is 0 Å². The molecule has 1 aliphatic heterocycles. The van der Waals surface area contributed by atoms with Crippen LogP contribution in [0.5, 0.6) is 0 Å². The van der Waals surface area contributed by atoms with E-state index >= 15 is 0 Å². The fourth-order valence-corrected chi connectivity index (χ4v) is 3.95. The van der Waals surface area contributed by atoms with Crippen LogP contribution in [0.4, 0.5) is 39.5 Å². The van der Waals surface area contributed by atoms with Crippen molar-refractivity contribution in [1.82, 2.24) is 4.90 Å². The lowest BCUT2D eigenvalue weighted by atomic mass is 10.0. The standard InChI is InChI=1S/C20H13F9N2OS/c21-18(22,23)13-3-1-2-11(6-13)10-33-17-30-4-5-31(17)16(32)12-7-14(19(24,25)26)9-15(8-12)20(27,28)29/h1-3,6-9H,4-5,10H2. The SMILES string of the molecule is O=C(c1cc(C(F)(F)F)cc(C(F)(F)F)c1)N1CCN=C1SCc1cccc(C(F)(F)F)c1. The topological polar surface area (TPSA) is 32.7 Å². The maximum absolute atomic E-state index is 13.1. The maximum Gasteiger partial charge on any atom is 0.416 e. The van der Waals surface area contributed by atoms with Crippen LogP contribution in [-0.4, -0.2) is 29.1 Å². The average Bonchev–Trinajstić information content (AvgIpc) is 3.18. The number of carbonyl (C=O) groups is 1. The molecule has 1 heterocycles. The predicted octanol–water partition coefficient (Wildman–Crippen LogP) is 6.49. The van der Waals surface area contributed by atoms with Crippen molar-refractivity contribution in [2.75, 3.05) is 13.1 Å². The van der Waals surface area contributed by atoms with Crippen molar-refractivity contribution in [2.45, 2.75) is 24.3 Å². The Morgan fingerprint density at radius 1 is 0.848 bits per heavy atom. The van der Waals surface area contributed by atoms with E-state index in [-0.39, 0.29) is 35.6 Å². The second-order valence-electron chi connectivity index (χ2n) is 6.90. The van der Waals surface area contributed by atoms with Crippen molar-refractivity contribution in [3.8, 4) is 0 Å². The zero-order chi connectivity index (χ0) is 24.6. The minimum absolute atomic E-state index is 0.0108. The first-order valence-corrected chi connectivity index (χ1v) is 10.1. The Hall–Kier alpha value is -2.70. The van der Waals surface area contributed by atoms with Crippen molar-refractivity contribution in [3.63, 3.8) is 0 Å². The highest BCUT2D eigenvalue weighted by Crippen LogP contribution is 2.37. The molecule has 0 saturated carbocycles. The van der Waals surface area contributed by atoms with E-state index in [4.69, 9.17) is 0 Å². The third-order valence-corrected chi connectivity index (χ3v) is 5.59. The lowest BCUT2D eigenvalue weighted by Crippen LogP contribution is -2.33. The van der Waals surface area contributed by atoms with Gasteiger partial charge < -0.3 is 0 Å². The second kappa shape index (κ2) is 8.92. The first-order valence-electron chi connectivity index (χ1n) is 9.11. The average molecular weight is 500 g/mol. The molecule has 0 N–H and O–H groups in total. The molecule has 3 rings (SSSR count). The van der Waals surface area contributed by atoms with Crippen molar-refractivity contribution < 1.29 is 44.3 Å². The number of rotatable bonds is 3. The van der Waals surface area contributed by atoms with Crippen LogP contribution in [-0.2, 0) is 24.3 Å². The van der Waals surface area contributed by atoms with Gasteiger partial charge in [-0.15, -0.1) is 0 Å². The third-order valence-electron chi connectivity index (χ3n) is 4.50. The number of benzene rings is 2. The van der Waals surface area contributed by atoms with E-state index in [1.807, 2.05) is 0 Å². The number of hydrogen-bond acceptors (Lipinski definition) is 3. The van der Waals surface area contributed by atoms with Gasteiger partial charge in [0.05, 0.1) is 23.2 Å². The molecule has 0 aliphatic carbocycles. The van der Waals surface area contributed by atoms with E-state index in [0.29, 0.717) is 12.1 Å². The minimum Gasteiger partial charge on any atom is -0.286 e. The molecule has 0 spiro atoms. The Morgan fingerprint density at radius 2 is 1.42 bits per heavy atom. The molecule has 178 valence electrons. The predicted molar refractivity (Wildman–Crippen MR) is 103 cm³/mol. The molecular formula is C20H13F9N2OS. The summed E-state index contributed by atoms with van der Waals surface area (Å²) in [5.74, 6) is -1.18. The second-order valence-corrected chi connectivity index (χ2v) is 7.84. The summed E-state index contributed by atoms with van der Waals surface area (Å²) in [5, 5.41) is -0.0108. The van der Waals surface area contributed by atoms with Crippen LogP contribution in [0.15, 0.2) is 47.5 Å². The Bertz CT molecular complexity index is 1040. The van der Waals surface area contributed by atoms with Crippen molar-refractivity contribution in [3.05, 3.63) is 70.3 Å². The number of amidine groups is 1. The van der Waals surface area contributed by atoms with E-state index in [9.17, 15) is 44.3 Å². The van der Waals surface area contributed by atoms with Gasteiger partial charge in [0.1, 0.15) is 0 Å². The van der Waals surface area contributed by atoms with Crippen molar-refractivity contribution in [2.24, 2.45) is 4.99 Å². The number of aliphatic imine (C=N–C) groups is 1. The summed E-state index contributed by atoms with van der Waals surface area (Å²) >= 11 is 0.850. The van der Waals surface area contributed by atoms with Crippen LogP contribution in [0.1, 0.15) is 32.6 Å². The lowest BCUT2D eigenvalue weighted by molar-refractivity contribution is -0.143. The monoisotopic (exact) mass is 500 g/mol. The molecule has 0 radical (unpaired) electrons. The maximum atomic E-state index is 13.1. The number of thioether (sulfide) groups is 1. The molecule has 0 unspecified atom stereocenters. The molecule has 13 heteroatoms. The number of amides is 1. The normalized spacial score (nSPS) is 15.1. The number of carbonyl (C=O) groups excluding carboxylic acids is 1. The van der Waals surface area contributed by atoms with Crippen LogP contribution in [0.25, 0.3) is 0 Å². The van der Waals surface area contributed by atoms with Crippen LogP contribution < -0.4 is 0 Å². The van der Waals surface area contributed by atoms with Gasteiger partial charge >= 0.3 is 18.5 Å². The third kappa shape index (κ3) is 6.01. The Morgan fingerprint density at radius 3 is 1.97 bits per heavy atom. The fraction of sp³-hybridized carbons (Fsp3) is 0.300. The highest BCUT2D eigenvalue weighted by molar-refractivity contribution is 8.13. The molecule has 1 amide bonds. The number of halogens is 9. The summed E-state index contributed by atoms with van der Waals surface area (Å²) in [6.45, 7) is -0.0525. The van der Waals surface area contributed by atoms with Gasteiger partial charge in [-0.2, -0.15) is 39.5 Å². The summed E-state index contributed by atoms with van der Waals surface area (Å²) in [4.78, 5) is 17.7. The van der Waals surface area contributed by atoms with E-state index in [1.165, 1.54) is 12.1 Å². The van der Waals surface area contributed by atoms with Gasteiger partial charge in [-0.3, -0.25) is 14.7 Å². The quantitative estimate of drug-likeness (QED) is 0.452. The largest absolute Gasteiger partial charge is 0.416 e. The van der Waals surface area contributed by atoms with Gasteiger partial charge in [-0.25, -0.2) is 0 Å². The lowest BCUT2D eigenvalue weighted by Gasteiger charge is -2.20. The Balaban J connectivity index is 1.83. The van der Waals surface area contributed by atoms with Gasteiger partial charge in [0, 0.05) is 17.9 Å². The number of alkyl halides is 9. The number of nitrogens with zero attached hydrogens (tertiary/aromatic N) is 2. The van der Waals surface area contributed by atoms with Crippen LogP contribution >= 0.6 is 11.8 Å². The fourth-order valence-electron chi connectivity index (χ4n) is 2.96. The van der Waals surface area contributed by atoms with Crippen LogP contribution in [0.3, 0.4) is 0 Å². The molecular weight excluding hydrogens is 487 g/mol. The summed E-state index contributed by atoms with van der Waals surface area (Å²) in [7, 11) is 0. The van der Waals surface area contributed by atoms with Gasteiger partial charge in [-0.1, -0.05) is 30.0 Å². The zero-order valence-corrected chi connectivity index (χ0v) is 17.1. The van der Waals surface area contributed by atoms with Crippen LogP contribution in [0, 0.1) is 0 Å². The molecule has 0 saturated heterocycles. The van der Waals surface area contributed by atoms with Gasteiger partial charge in [0.15, 0.2) is 5.17 Å². The van der Waals surface area contributed by atoms with E-state index in [1.54, 1.807) is 0 Å². The highest BCUT2D eigenvalue weighted by atomic mass is 32.2. The molecule has 1 aliphatic rings.